The van der Waals surface area contributed by atoms with E-state index in [2.05, 4.69) is 22.1 Å². The number of imidazole rings is 1. The third-order valence-electron chi connectivity index (χ3n) is 5.87. The lowest BCUT2D eigenvalue weighted by Gasteiger charge is -2.19. The van der Waals surface area contributed by atoms with Gasteiger partial charge >= 0.3 is 5.97 Å². The normalized spacial score (nSPS) is 11.1. The number of hydrogen-bond donors (Lipinski definition) is 1. The summed E-state index contributed by atoms with van der Waals surface area (Å²) in [6.07, 6.45) is 0. The third kappa shape index (κ3) is 5.41. The molecule has 0 aliphatic heterocycles. The van der Waals surface area contributed by atoms with E-state index in [1.807, 2.05) is 67.4 Å². The predicted octanol–water partition coefficient (Wildman–Crippen LogP) is 4.91. The number of esters is 1. The highest BCUT2D eigenvalue weighted by Crippen LogP contribution is 2.27. The highest BCUT2D eigenvalue weighted by Gasteiger charge is 2.17. The molecule has 7 heteroatoms. The minimum atomic E-state index is -0.364. The minimum absolute atomic E-state index is 0.142. The third-order valence-corrected chi connectivity index (χ3v) is 5.87. The zero-order valence-electron chi connectivity index (χ0n) is 20.3. The summed E-state index contributed by atoms with van der Waals surface area (Å²) in [6, 6.07) is 23.0. The summed E-state index contributed by atoms with van der Waals surface area (Å²) in [7, 11) is 0. The Morgan fingerprint density at radius 2 is 1.60 bits per heavy atom. The molecule has 0 saturated heterocycles. The molecule has 4 rings (SSSR count). The van der Waals surface area contributed by atoms with Crippen molar-refractivity contribution < 1.29 is 14.3 Å². The van der Waals surface area contributed by atoms with Gasteiger partial charge in [-0.2, -0.15) is 0 Å². The summed E-state index contributed by atoms with van der Waals surface area (Å²) >= 11 is 0. The zero-order valence-corrected chi connectivity index (χ0v) is 20.3. The fourth-order valence-electron chi connectivity index (χ4n) is 3.98. The molecule has 0 saturated carbocycles. The standard InChI is InChI=1S/C28H30N4O3/c1-4-31(5-2)30-27(33)22-14-12-21(13-15-22)26-29-24-18-23(28(34)35-6-3)16-17-25(24)32(26)19-20-10-8-7-9-11-20/h7-18H,4-6,19H2,1-3H3,(H,30,33). The number of fused-ring (bicyclic) bond motifs is 1. The molecule has 0 bridgehead atoms. The molecule has 180 valence electrons. The summed E-state index contributed by atoms with van der Waals surface area (Å²) < 4.78 is 7.29. The first kappa shape index (κ1) is 24.2. The SMILES string of the molecule is CCOC(=O)c1ccc2c(c1)nc(-c1ccc(C(=O)NN(CC)CC)cc1)n2Cc1ccccc1. The maximum absolute atomic E-state index is 12.6. The lowest BCUT2D eigenvalue weighted by atomic mass is 10.1. The highest BCUT2D eigenvalue weighted by atomic mass is 16.5. The fraction of sp³-hybridized carbons (Fsp3) is 0.250. The van der Waals surface area contributed by atoms with Crippen LogP contribution in [0.25, 0.3) is 22.4 Å². The Bertz CT molecular complexity index is 1310. The van der Waals surface area contributed by atoms with Crippen LogP contribution < -0.4 is 5.43 Å². The molecular weight excluding hydrogens is 440 g/mol. The second-order valence-electron chi connectivity index (χ2n) is 8.12. The number of carbonyl (C=O) groups is 2. The van der Waals surface area contributed by atoms with Gasteiger partial charge < -0.3 is 9.30 Å². The van der Waals surface area contributed by atoms with E-state index >= 15 is 0 Å². The number of aromatic nitrogens is 2. The van der Waals surface area contributed by atoms with Crippen molar-refractivity contribution in [2.75, 3.05) is 19.7 Å². The maximum atomic E-state index is 12.6. The molecule has 0 atom stereocenters. The van der Waals surface area contributed by atoms with Gasteiger partial charge in [0, 0.05) is 30.8 Å². The molecule has 0 radical (unpaired) electrons. The number of rotatable bonds is 9. The van der Waals surface area contributed by atoms with Gasteiger partial charge in [0.15, 0.2) is 0 Å². The topological polar surface area (TPSA) is 76.5 Å². The molecule has 7 nitrogen and oxygen atoms in total. The number of nitrogens with zero attached hydrogens (tertiary/aromatic N) is 3. The second-order valence-corrected chi connectivity index (χ2v) is 8.12. The van der Waals surface area contributed by atoms with Crippen LogP contribution in [0, 0.1) is 0 Å². The van der Waals surface area contributed by atoms with Crippen molar-refractivity contribution in [1.29, 1.82) is 0 Å². The van der Waals surface area contributed by atoms with Gasteiger partial charge in [0.2, 0.25) is 0 Å². The summed E-state index contributed by atoms with van der Waals surface area (Å²) in [6.45, 7) is 8.19. The molecule has 1 aromatic heterocycles. The van der Waals surface area contributed by atoms with E-state index in [0.717, 1.165) is 35.6 Å². The average Bonchev–Trinajstić information content (AvgIpc) is 3.25. The number of nitrogens with one attached hydrogen (secondary N) is 1. The Morgan fingerprint density at radius 3 is 2.26 bits per heavy atom. The van der Waals surface area contributed by atoms with Gasteiger partial charge in [0.05, 0.1) is 23.2 Å². The first-order valence-corrected chi connectivity index (χ1v) is 11.9. The molecule has 0 aliphatic rings. The van der Waals surface area contributed by atoms with Crippen molar-refractivity contribution >= 4 is 22.9 Å². The van der Waals surface area contributed by atoms with Gasteiger partial charge in [-0.15, -0.1) is 0 Å². The highest BCUT2D eigenvalue weighted by molar-refractivity contribution is 5.95. The van der Waals surface area contributed by atoms with Gasteiger partial charge in [-0.05, 0) is 42.8 Å². The van der Waals surface area contributed by atoms with Crippen LogP contribution in [-0.4, -0.2) is 46.1 Å². The molecule has 1 N–H and O–H groups in total. The van der Waals surface area contributed by atoms with Crippen LogP contribution in [-0.2, 0) is 11.3 Å². The molecular formula is C28H30N4O3. The van der Waals surface area contributed by atoms with E-state index in [4.69, 9.17) is 9.72 Å². The Balaban J connectivity index is 1.72. The first-order valence-electron chi connectivity index (χ1n) is 11.9. The fourth-order valence-corrected chi connectivity index (χ4v) is 3.98. The van der Waals surface area contributed by atoms with E-state index < -0.39 is 0 Å². The quantitative estimate of drug-likeness (QED) is 0.278. The Kier molecular flexibility index (Phi) is 7.57. The van der Waals surface area contributed by atoms with E-state index in [-0.39, 0.29) is 11.9 Å². The second kappa shape index (κ2) is 11.0. The Morgan fingerprint density at radius 1 is 0.914 bits per heavy atom. The van der Waals surface area contributed by atoms with Crippen molar-refractivity contribution in [3.8, 4) is 11.4 Å². The number of benzene rings is 3. The van der Waals surface area contributed by atoms with Crippen LogP contribution >= 0.6 is 0 Å². The Hall–Kier alpha value is -3.97. The lowest BCUT2D eigenvalue weighted by Crippen LogP contribution is -2.41. The zero-order chi connectivity index (χ0) is 24.8. The summed E-state index contributed by atoms with van der Waals surface area (Å²) in [4.78, 5) is 29.7. The van der Waals surface area contributed by atoms with Crippen LogP contribution in [0.5, 0.6) is 0 Å². The largest absolute Gasteiger partial charge is 0.462 e. The average molecular weight is 471 g/mol. The number of carbonyl (C=O) groups excluding carboxylic acids is 2. The van der Waals surface area contributed by atoms with Gasteiger partial charge in [-0.3, -0.25) is 10.2 Å². The van der Waals surface area contributed by atoms with Crippen molar-refractivity contribution in [1.82, 2.24) is 20.0 Å². The number of hydrazine groups is 1. The van der Waals surface area contributed by atoms with Gasteiger partial charge in [-0.1, -0.05) is 56.3 Å². The van der Waals surface area contributed by atoms with Crippen molar-refractivity contribution in [2.45, 2.75) is 27.3 Å². The molecule has 4 aromatic rings. The van der Waals surface area contributed by atoms with Crippen molar-refractivity contribution in [2.24, 2.45) is 0 Å². The summed E-state index contributed by atoms with van der Waals surface area (Å²) in [5.41, 5.74) is 7.61. The van der Waals surface area contributed by atoms with E-state index in [1.54, 1.807) is 19.1 Å². The van der Waals surface area contributed by atoms with Gasteiger partial charge in [-0.25, -0.2) is 14.8 Å². The van der Waals surface area contributed by atoms with Gasteiger partial charge in [0.1, 0.15) is 5.82 Å². The molecule has 0 aliphatic carbocycles. The van der Waals surface area contributed by atoms with Crippen LogP contribution in [0.1, 0.15) is 47.1 Å². The molecule has 1 amide bonds. The first-order chi connectivity index (χ1) is 17.0. The van der Waals surface area contributed by atoms with Crippen LogP contribution in [0.2, 0.25) is 0 Å². The minimum Gasteiger partial charge on any atom is -0.462 e. The van der Waals surface area contributed by atoms with Crippen LogP contribution in [0.4, 0.5) is 0 Å². The monoisotopic (exact) mass is 470 g/mol. The van der Waals surface area contributed by atoms with Crippen LogP contribution in [0.15, 0.2) is 72.8 Å². The number of hydrogen-bond acceptors (Lipinski definition) is 5. The number of amides is 1. The van der Waals surface area contributed by atoms with E-state index in [1.165, 1.54) is 0 Å². The Labute approximate surface area is 205 Å². The van der Waals surface area contributed by atoms with Crippen molar-refractivity contribution in [3.63, 3.8) is 0 Å². The smallest absolute Gasteiger partial charge is 0.338 e. The number of ether oxygens (including phenoxy) is 1. The van der Waals surface area contributed by atoms with Crippen molar-refractivity contribution in [3.05, 3.63) is 89.5 Å². The van der Waals surface area contributed by atoms with Gasteiger partial charge in [0.25, 0.3) is 5.91 Å². The molecule has 0 spiro atoms. The van der Waals surface area contributed by atoms with Crippen LogP contribution in [0.3, 0.4) is 0 Å². The molecule has 0 fully saturated rings. The molecule has 35 heavy (non-hydrogen) atoms. The predicted molar refractivity (Wildman–Crippen MR) is 137 cm³/mol. The molecule has 0 unspecified atom stereocenters. The molecule has 3 aromatic carbocycles. The summed E-state index contributed by atoms with van der Waals surface area (Å²) in [5.74, 6) is 0.259. The summed E-state index contributed by atoms with van der Waals surface area (Å²) in [5, 5.41) is 1.86. The molecule has 1 heterocycles. The van der Waals surface area contributed by atoms with E-state index in [0.29, 0.717) is 29.8 Å². The maximum Gasteiger partial charge on any atom is 0.338 e. The lowest BCUT2D eigenvalue weighted by molar-refractivity contribution is 0.0526. The van der Waals surface area contributed by atoms with E-state index in [9.17, 15) is 9.59 Å².